The number of halogens is 2. The van der Waals surface area contributed by atoms with Crippen molar-refractivity contribution in [3.63, 3.8) is 0 Å². The molecule has 2 N–H and O–H groups in total. The molecule has 0 bridgehead atoms. The molecule has 0 fully saturated rings. The zero-order valence-electron chi connectivity index (χ0n) is 8.90. The van der Waals surface area contributed by atoms with Crippen LogP contribution >= 0.6 is 0 Å². The number of aromatic nitrogens is 2. The topological polar surface area (TPSA) is 43.3 Å². The first-order chi connectivity index (χ1) is 7.50. The van der Waals surface area contributed by atoms with E-state index in [1.807, 2.05) is 18.2 Å². The second-order valence-electron chi connectivity index (χ2n) is 4.18. The zero-order chi connectivity index (χ0) is 11.8. The van der Waals surface area contributed by atoms with Gasteiger partial charge in [0.2, 0.25) is 0 Å². The van der Waals surface area contributed by atoms with Crippen LogP contribution in [0.25, 0.3) is 5.52 Å². The molecule has 86 valence electrons. The van der Waals surface area contributed by atoms with Gasteiger partial charge >= 0.3 is 0 Å². The van der Waals surface area contributed by atoms with Crippen molar-refractivity contribution < 1.29 is 8.78 Å². The lowest BCUT2D eigenvalue weighted by Gasteiger charge is -2.22. The summed E-state index contributed by atoms with van der Waals surface area (Å²) in [6, 6.07) is 5.51. The lowest BCUT2D eigenvalue weighted by atomic mass is 9.95. The van der Waals surface area contributed by atoms with Gasteiger partial charge in [-0.1, -0.05) is 6.07 Å². The molecule has 2 rings (SSSR count). The molecule has 2 aromatic heterocycles. The summed E-state index contributed by atoms with van der Waals surface area (Å²) in [6.45, 7) is 1.35. The fraction of sp³-hybridized carbons (Fsp3) is 0.364. The summed E-state index contributed by atoms with van der Waals surface area (Å²) in [4.78, 5) is 0. The molecule has 0 aliphatic carbocycles. The summed E-state index contributed by atoms with van der Waals surface area (Å²) >= 11 is 0. The fourth-order valence-corrected chi connectivity index (χ4v) is 1.61. The maximum Gasteiger partial charge on any atom is 0.256 e. The Kier molecular flexibility index (Phi) is 2.63. The van der Waals surface area contributed by atoms with Gasteiger partial charge in [-0.15, -0.1) is 0 Å². The first-order valence-corrected chi connectivity index (χ1v) is 4.99. The van der Waals surface area contributed by atoms with Crippen LogP contribution in [0.1, 0.15) is 12.5 Å². The van der Waals surface area contributed by atoms with Gasteiger partial charge in [-0.05, 0) is 31.0 Å². The van der Waals surface area contributed by atoms with Gasteiger partial charge < -0.3 is 5.73 Å². The normalized spacial score (nSPS) is 15.6. The molecule has 16 heavy (non-hydrogen) atoms. The minimum atomic E-state index is -2.55. The second kappa shape index (κ2) is 3.83. The Labute approximate surface area is 91.9 Å². The lowest BCUT2D eigenvalue weighted by Crippen LogP contribution is -2.45. The van der Waals surface area contributed by atoms with Gasteiger partial charge in [-0.3, -0.25) is 0 Å². The van der Waals surface area contributed by atoms with Gasteiger partial charge in [-0.25, -0.2) is 13.3 Å². The van der Waals surface area contributed by atoms with Crippen molar-refractivity contribution in [3.05, 3.63) is 36.2 Å². The van der Waals surface area contributed by atoms with E-state index in [2.05, 4.69) is 5.10 Å². The number of nitrogens with two attached hydrogens (primary N) is 1. The highest BCUT2D eigenvalue weighted by atomic mass is 19.3. The van der Waals surface area contributed by atoms with Crippen molar-refractivity contribution in [1.82, 2.24) is 9.61 Å². The molecule has 0 radical (unpaired) electrons. The summed E-state index contributed by atoms with van der Waals surface area (Å²) in [7, 11) is 0. The molecule has 0 aliphatic heterocycles. The van der Waals surface area contributed by atoms with Crippen LogP contribution in [0.3, 0.4) is 0 Å². The third-order valence-electron chi connectivity index (χ3n) is 2.58. The third-order valence-corrected chi connectivity index (χ3v) is 2.58. The number of fused-ring (bicyclic) bond motifs is 1. The van der Waals surface area contributed by atoms with Gasteiger partial charge in [0.05, 0.1) is 17.3 Å². The summed E-state index contributed by atoms with van der Waals surface area (Å²) in [5, 5.41) is 4.08. The highest BCUT2D eigenvalue weighted by Gasteiger charge is 2.31. The smallest absolute Gasteiger partial charge is 0.256 e. The van der Waals surface area contributed by atoms with Gasteiger partial charge in [0, 0.05) is 6.20 Å². The molecule has 0 aliphatic rings. The van der Waals surface area contributed by atoms with Gasteiger partial charge in [0.15, 0.2) is 0 Å². The van der Waals surface area contributed by atoms with Crippen molar-refractivity contribution in [2.75, 3.05) is 0 Å². The van der Waals surface area contributed by atoms with Crippen LogP contribution < -0.4 is 5.73 Å². The van der Waals surface area contributed by atoms with E-state index in [-0.39, 0.29) is 6.42 Å². The molecule has 5 heteroatoms. The van der Waals surface area contributed by atoms with E-state index in [0.29, 0.717) is 0 Å². The maximum absolute atomic E-state index is 12.7. The van der Waals surface area contributed by atoms with Crippen LogP contribution in [-0.2, 0) is 6.42 Å². The molecule has 0 saturated heterocycles. The van der Waals surface area contributed by atoms with E-state index in [1.165, 1.54) is 6.92 Å². The predicted molar refractivity (Wildman–Crippen MR) is 57.5 cm³/mol. The van der Waals surface area contributed by atoms with Crippen LogP contribution in [0.15, 0.2) is 30.6 Å². The van der Waals surface area contributed by atoms with Crippen molar-refractivity contribution >= 4 is 5.52 Å². The largest absolute Gasteiger partial charge is 0.320 e. The Morgan fingerprint density at radius 2 is 2.25 bits per heavy atom. The van der Waals surface area contributed by atoms with E-state index < -0.39 is 12.0 Å². The monoisotopic (exact) mass is 225 g/mol. The Hall–Kier alpha value is -1.49. The van der Waals surface area contributed by atoms with Crippen molar-refractivity contribution in [2.24, 2.45) is 5.73 Å². The Balaban J connectivity index is 2.35. The van der Waals surface area contributed by atoms with Crippen molar-refractivity contribution in [2.45, 2.75) is 25.3 Å². The fourth-order valence-electron chi connectivity index (χ4n) is 1.61. The number of hydrogen-bond donors (Lipinski definition) is 1. The molecule has 0 amide bonds. The molecule has 0 saturated carbocycles. The summed E-state index contributed by atoms with van der Waals surface area (Å²) in [6.07, 6.45) is 0.918. The summed E-state index contributed by atoms with van der Waals surface area (Å²) < 4.78 is 27.0. The number of rotatable bonds is 3. The van der Waals surface area contributed by atoms with Crippen molar-refractivity contribution in [3.8, 4) is 0 Å². The summed E-state index contributed by atoms with van der Waals surface area (Å²) in [5.74, 6) is 0. The van der Waals surface area contributed by atoms with E-state index in [9.17, 15) is 8.78 Å². The van der Waals surface area contributed by atoms with E-state index in [1.54, 1.807) is 16.9 Å². The molecule has 2 aromatic rings. The minimum absolute atomic E-state index is 0.109. The van der Waals surface area contributed by atoms with Crippen LogP contribution in [0.5, 0.6) is 0 Å². The third kappa shape index (κ3) is 1.90. The Morgan fingerprint density at radius 1 is 1.50 bits per heavy atom. The van der Waals surface area contributed by atoms with Gasteiger partial charge in [0.25, 0.3) is 6.43 Å². The molecule has 1 atom stereocenters. The SMILES string of the molecule is CC(N)(Cc1cnn2ccccc12)C(F)F. The molecule has 2 heterocycles. The van der Waals surface area contributed by atoms with Crippen molar-refractivity contribution in [1.29, 1.82) is 0 Å². The molecule has 0 spiro atoms. The van der Waals surface area contributed by atoms with E-state index in [4.69, 9.17) is 5.73 Å². The average molecular weight is 225 g/mol. The van der Waals surface area contributed by atoms with Gasteiger partial charge in [0.1, 0.15) is 0 Å². The number of nitrogens with zero attached hydrogens (tertiary/aromatic N) is 2. The maximum atomic E-state index is 12.7. The molecular formula is C11H13F2N3. The zero-order valence-corrected chi connectivity index (χ0v) is 8.90. The summed E-state index contributed by atoms with van der Waals surface area (Å²) in [5.41, 5.74) is 5.60. The predicted octanol–water partition coefficient (Wildman–Crippen LogP) is 1.86. The average Bonchev–Trinajstić information content (AvgIpc) is 2.61. The minimum Gasteiger partial charge on any atom is -0.320 e. The number of pyridine rings is 1. The first-order valence-electron chi connectivity index (χ1n) is 4.99. The second-order valence-corrected chi connectivity index (χ2v) is 4.18. The molecule has 0 aromatic carbocycles. The molecule has 1 unspecified atom stereocenters. The highest BCUT2D eigenvalue weighted by molar-refractivity contribution is 5.53. The quantitative estimate of drug-likeness (QED) is 0.866. The van der Waals surface area contributed by atoms with Crippen LogP contribution in [0.2, 0.25) is 0 Å². The van der Waals surface area contributed by atoms with E-state index in [0.717, 1.165) is 11.1 Å². The van der Waals surface area contributed by atoms with Gasteiger partial charge in [-0.2, -0.15) is 5.10 Å². The Morgan fingerprint density at radius 3 is 2.94 bits per heavy atom. The molecule has 3 nitrogen and oxygen atoms in total. The van der Waals surface area contributed by atoms with Crippen LogP contribution in [0.4, 0.5) is 8.78 Å². The van der Waals surface area contributed by atoms with Crippen LogP contribution in [-0.4, -0.2) is 21.6 Å². The highest BCUT2D eigenvalue weighted by Crippen LogP contribution is 2.21. The van der Waals surface area contributed by atoms with Crippen LogP contribution in [0, 0.1) is 0 Å². The number of alkyl halides is 2. The first kappa shape index (κ1) is 11.0. The standard InChI is InChI=1S/C11H13F2N3/c1-11(14,10(12)13)6-8-7-15-16-5-3-2-4-9(8)16/h2-5,7,10H,6,14H2,1H3. The number of hydrogen-bond acceptors (Lipinski definition) is 2. The Bertz CT molecular complexity index is 491. The lowest BCUT2D eigenvalue weighted by molar-refractivity contribution is 0.0641. The molecular weight excluding hydrogens is 212 g/mol. The van der Waals surface area contributed by atoms with E-state index >= 15 is 0 Å².